The van der Waals surface area contributed by atoms with Gasteiger partial charge in [-0.05, 0) is 12.1 Å². The number of rotatable bonds is 4. The van der Waals surface area contributed by atoms with Crippen LogP contribution in [0, 0.1) is 0 Å². The van der Waals surface area contributed by atoms with Crippen molar-refractivity contribution in [2.24, 2.45) is 0 Å². The Bertz CT molecular complexity index is 443. The van der Waals surface area contributed by atoms with Gasteiger partial charge < -0.3 is 15.5 Å². The molecule has 16 heavy (non-hydrogen) atoms. The van der Waals surface area contributed by atoms with Crippen LogP contribution in [0.25, 0.3) is 0 Å². The highest BCUT2D eigenvalue weighted by Gasteiger charge is 2.17. The summed E-state index contributed by atoms with van der Waals surface area (Å²) in [5.41, 5.74) is -0.582. The quantitative estimate of drug-likeness (QED) is 0.640. The van der Waals surface area contributed by atoms with Gasteiger partial charge in [0.1, 0.15) is 12.2 Å². The second kappa shape index (κ2) is 4.87. The summed E-state index contributed by atoms with van der Waals surface area (Å²) in [6.45, 7) is -0.589. The SMILES string of the molecule is O=C(O)CNC(=O)c1ncccc1C(=O)O. The lowest BCUT2D eigenvalue weighted by molar-refractivity contribution is -0.135. The van der Waals surface area contributed by atoms with Gasteiger partial charge in [-0.1, -0.05) is 0 Å². The number of carboxylic acids is 2. The molecule has 0 bridgehead atoms. The largest absolute Gasteiger partial charge is 0.480 e. The Morgan fingerprint density at radius 1 is 1.31 bits per heavy atom. The van der Waals surface area contributed by atoms with E-state index in [9.17, 15) is 14.4 Å². The summed E-state index contributed by atoms with van der Waals surface area (Å²) in [6.07, 6.45) is 1.25. The van der Waals surface area contributed by atoms with E-state index in [0.717, 1.165) is 0 Å². The molecule has 7 heteroatoms. The lowest BCUT2D eigenvalue weighted by Crippen LogP contribution is -2.31. The molecule has 0 aliphatic carbocycles. The fourth-order valence-electron chi connectivity index (χ4n) is 0.998. The van der Waals surface area contributed by atoms with Crippen LogP contribution in [0.2, 0.25) is 0 Å². The Morgan fingerprint density at radius 2 is 2.00 bits per heavy atom. The van der Waals surface area contributed by atoms with Crippen LogP contribution >= 0.6 is 0 Å². The van der Waals surface area contributed by atoms with Crippen LogP contribution in [0.5, 0.6) is 0 Å². The molecule has 0 saturated heterocycles. The second-order valence-corrected chi connectivity index (χ2v) is 2.78. The maximum absolute atomic E-state index is 11.4. The molecule has 1 rings (SSSR count). The Hall–Kier alpha value is -2.44. The lowest BCUT2D eigenvalue weighted by Gasteiger charge is -2.04. The van der Waals surface area contributed by atoms with E-state index < -0.39 is 24.4 Å². The van der Waals surface area contributed by atoms with Gasteiger partial charge in [0, 0.05) is 6.20 Å². The topological polar surface area (TPSA) is 117 Å². The number of nitrogens with one attached hydrogen (secondary N) is 1. The molecule has 7 nitrogen and oxygen atoms in total. The summed E-state index contributed by atoms with van der Waals surface area (Å²) in [5.74, 6) is -3.35. The normalized spacial score (nSPS) is 9.50. The molecule has 1 heterocycles. The van der Waals surface area contributed by atoms with Crippen molar-refractivity contribution in [2.45, 2.75) is 0 Å². The molecule has 0 atom stereocenters. The van der Waals surface area contributed by atoms with Gasteiger partial charge in [0.25, 0.3) is 5.91 Å². The molecule has 1 amide bonds. The molecule has 3 N–H and O–H groups in total. The molecule has 0 radical (unpaired) electrons. The second-order valence-electron chi connectivity index (χ2n) is 2.78. The molecule has 0 spiro atoms. The van der Waals surface area contributed by atoms with Crippen molar-refractivity contribution in [1.82, 2.24) is 10.3 Å². The highest BCUT2D eigenvalue weighted by molar-refractivity contribution is 6.03. The van der Waals surface area contributed by atoms with E-state index in [2.05, 4.69) is 4.98 Å². The van der Waals surface area contributed by atoms with Crippen molar-refractivity contribution in [3.63, 3.8) is 0 Å². The summed E-state index contributed by atoms with van der Waals surface area (Å²) in [7, 11) is 0. The predicted molar refractivity (Wildman–Crippen MR) is 51.2 cm³/mol. The first kappa shape index (κ1) is 11.6. The average Bonchev–Trinajstić information content (AvgIpc) is 2.25. The molecule has 0 unspecified atom stereocenters. The molecule has 0 aromatic carbocycles. The smallest absolute Gasteiger partial charge is 0.338 e. The van der Waals surface area contributed by atoms with E-state index >= 15 is 0 Å². The van der Waals surface area contributed by atoms with Gasteiger partial charge in [0.2, 0.25) is 0 Å². The minimum atomic E-state index is -1.30. The fraction of sp³-hybridized carbons (Fsp3) is 0.111. The number of aliphatic carboxylic acids is 1. The molecule has 1 aromatic rings. The molecule has 0 aliphatic heterocycles. The number of nitrogens with zero attached hydrogens (tertiary/aromatic N) is 1. The van der Waals surface area contributed by atoms with E-state index in [4.69, 9.17) is 10.2 Å². The number of amides is 1. The van der Waals surface area contributed by atoms with Gasteiger partial charge in [-0.3, -0.25) is 14.6 Å². The Labute approximate surface area is 89.7 Å². The maximum atomic E-state index is 11.4. The first-order chi connectivity index (χ1) is 7.52. The van der Waals surface area contributed by atoms with Gasteiger partial charge in [-0.25, -0.2) is 4.79 Å². The van der Waals surface area contributed by atoms with Crippen molar-refractivity contribution < 1.29 is 24.6 Å². The highest BCUT2D eigenvalue weighted by Crippen LogP contribution is 2.04. The third kappa shape index (κ3) is 2.77. The zero-order chi connectivity index (χ0) is 12.1. The monoisotopic (exact) mass is 224 g/mol. The van der Waals surface area contributed by atoms with E-state index in [1.807, 2.05) is 5.32 Å². The van der Waals surface area contributed by atoms with Crippen molar-refractivity contribution in [2.75, 3.05) is 6.54 Å². The number of carbonyl (C=O) groups is 3. The van der Waals surface area contributed by atoms with E-state index in [1.54, 1.807) is 0 Å². The lowest BCUT2D eigenvalue weighted by atomic mass is 10.2. The van der Waals surface area contributed by atoms with Gasteiger partial charge in [0.05, 0.1) is 5.56 Å². The van der Waals surface area contributed by atoms with Crippen LogP contribution in [-0.2, 0) is 4.79 Å². The Balaban J connectivity index is 2.90. The molecule has 84 valence electrons. The van der Waals surface area contributed by atoms with Gasteiger partial charge in [-0.15, -0.1) is 0 Å². The van der Waals surface area contributed by atoms with Crippen LogP contribution in [-0.4, -0.2) is 39.6 Å². The van der Waals surface area contributed by atoms with Crippen LogP contribution in [0.4, 0.5) is 0 Å². The molecule has 0 fully saturated rings. The van der Waals surface area contributed by atoms with Crippen LogP contribution < -0.4 is 5.32 Å². The van der Waals surface area contributed by atoms with E-state index in [1.165, 1.54) is 18.3 Å². The van der Waals surface area contributed by atoms with Gasteiger partial charge in [-0.2, -0.15) is 0 Å². The molecule has 0 saturated carbocycles. The first-order valence-corrected chi connectivity index (χ1v) is 4.20. The molecule has 0 aliphatic rings. The average molecular weight is 224 g/mol. The fourth-order valence-corrected chi connectivity index (χ4v) is 0.998. The van der Waals surface area contributed by atoms with Crippen molar-refractivity contribution in [1.29, 1.82) is 0 Å². The van der Waals surface area contributed by atoms with Crippen molar-refractivity contribution in [3.05, 3.63) is 29.6 Å². The highest BCUT2D eigenvalue weighted by atomic mass is 16.4. The minimum absolute atomic E-state index is 0.273. The van der Waals surface area contributed by atoms with Crippen molar-refractivity contribution in [3.8, 4) is 0 Å². The van der Waals surface area contributed by atoms with Crippen LogP contribution in [0.15, 0.2) is 18.3 Å². The third-order valence-corrected chi connectivity index (χ3v) is 1.65. The molecular formula is C9H8N2O5. The molecule has 1 aromatic heterocycles. The number of aromatic nitrogens is 1. The van der Waals surface area contributed by atoms with Crippen LogP contribution in [0.1, 0.15) is 20.8 Å². The van der Waals surface area contributed by atoms with E-state index in [-0.39, 0.29) is 11.3 Å². The van der Waals surface area contributed by atoms with Gasteiger partial charge >= 0.3 is 11.9 Å². The summed E-state index contributed by atoms with van der Waals surface area (Å²) in [6, 6.07) is 2.59. The maximum Gasteiger partial charge on any atom is 0.338 e. The number of hydrogen-bond acceptors (Lipinski definition) is 4. The first-order valence-electron chi connectivity index (χ1n) is 4.20. The summed E-state index contributed by atoms with van der Waals surface area (Å²) in [5, 5.41) is 19.1. The summed E-state index contributed by atoms with van der Waals surface area (Å²) >= 11 is 0. The van der Waals surface area contributed by atoms with Gasteiger partial charge in [0.15, 0.2) is 0 Å². The minimum Gasteiger partial charge on any atom is -0.480 e. The zero-order valence-electron chi connectivity index (χ0n) is 8.01. The number of carbonyl (C=O) groups excluding carboxylic acids is 1. The Kier molecular flexibility index (Phi) is 3.54. The summed E-state index contributed by atoms with van der Waals surface area (Å²) in [4.78, 5) is 35.9. The zero-order valence-corrected chi connectivity index (χ0v) is 8.01. The molecular weight excluding hydrogens is 216 g/mol. The number of aromatic carboxylic acids is 1. The van der Waals surface area contributed by atoms with E-state index in [0.29, 0.717) is 0 Å². The number of pyridine rings is 1. The number of carboxylic acid groups (broad SMARTS) is 2. The Morgan fingerprint density at radius 3 is 2.56 bits per heavy atom. The van der Waals surface area contributed by atoms with Crippen LogP contribution in [0.3, 0.4) is 0 Å². The van der Waals surface area contributed by atoms with Crippen molar-refractivity contribution >= 4 is 17.8 Å². The predicted octanol–water partition coefficient (Wildman–Crippen LogP) is -0.406. The third-order valence-electron chi connectivity index (χ3n) is 1.65. The summed E-state index contributed by atoms with van der Waals surface area (Å²) < 4.78 is 0. The number of hydrogen-bond donors (Lipinski definition) is 3. The standard InChI is InChI=1S/C9H8N2O5/c12-6(13)4-11-8(14)7-5(9(15)16)2-1-3-10-7/h1-3H,4H2,(H,11,14)(H,12,13)(H,15,16).